The number of aryl methyl sites for hydroxylation is 1. The van der Waals surface area contributed by atoms with E-state index >= 15 is 0 Å². The van der Waals surface area contributed by atoms with Crippen LogP contribution in [0.4, 0.5) is 0 Å². The lowest BCUT2D eigenvalue weighted by molar-refractivity contribution is 0.0954. The summed E-state index contributed by atoms with van der Waals surface area (Å²) in [5.41, 5.74) is 3.87. The Kier molecular flexibility index (Phi) is 4.93. The van der Waals surface area contributed by atoms with Crippen molar-refractivity contribution in [2.24, 2.45) is 0 Å². The second kappa shape index (κ2) is 7.30. The molecule has 3 rings (SSSR count). The lowest BCUT2D eigenvalue weighted by atomic mass is 10.1. The quantitative estimate of drug-likeness (QED) is 0.723. The zero-order chi connectivity index (χ0) is 17.8. The van der Waals surface area contributed by atoms with E-state index in [4.69, 9.17) is 9.47 Å². The molecule has 5 nitrogen and oxygen atoms in total. The molecule has 1 heterocycles. The average Bonchev–Trinajstić information content (AvgIpc) is 3.00. The van der Waals surface area contributed by atoms with E-state index in [1.165, 1.54) is 0 Å². The first-order chi connectivity index (χ1) is 12.1. The van der Waals surface area contributed by atoms with E-state index in [-0.39, 0.29) is 5.91 Å². The number of ether oxygens (including phenoxy) is 2. The van der Waals surface area contributed by atoms with Crippen molar-refractivity contribution in [3.05, 3.63) is 59.3 Å². The summed E-state index contributed by atoms with van der Waals surface area (Å²) in [5.74, 6) is 1.33. The molecule has 0 aliphatic heterocycles. The number of hydrogen-bond donors (Lipinski definition) is 2. The zero-order valence-electron chi connectivity index (χ0n) is 14.7. The number of methoxy groups -OCH3 is 2. The summed E-state index contributed by atoms with van der Waals surface area (Å²) in [6, 6.07) is 13.5. The number of rotatable bonds is 6. The van der Waals surface area contributed by atoms with Crippen molar-refractivity contribution >= 4 is 16.8 Å². The minimum absolute atomic E-state index is 0.0683. The Morgan fingerprint density at radius 3 is 2.60 bits per heavy atom. The molecule has 0 bridgehead atoms. The van der Waals surface area contributed by atoms with Gasteiger partial charge in [0.05, 0.1) is 14.2 Å². The van der Waals surface area contributed by atoms with Crippen LogP contribution in [0.3, 0.4) is 0 Å². The molecule has 0 saturated heterocycles. The second-order valence-electron chi connectivity index (χ2n) is 5.95. The van der Waals surface area contributed by atoms with Gasteiger partial charge in [-0.2, -0.15) is 0 Å². The number of nitrogens with one attached hydrogen (secondary N) is 2. The van der Waals surface area contributed by atoms with Crippen LogP contribution in [0.15, 0.2) is 42.5 Å². The van der Waals surface area contributed by atoms with Gasteiger partial charge in [0.1, 0.15) is 0 Å². The molecular weight excluding hydrogens is 316 g/mol. The van der Waals surface area contributed by atoms with Gasteiger partial charge in [0.15, 0.2) is 11.5 Å². The zero-order valence-corrected chi connectivity index (χ0v) is 14.7. The van der Waals surface area contributed by atoms with E-state index in [0.717, 1.165) is 28.6 Å². The summed E-state index contributed by atoms with van der Waals surface area (Å²) in [5, 5.41) is 4.01. The largest absolute Gasteiger partial charge is 0.493 e. The number of H-pyrrole nitrogens is 1. The summed E-state index contributed by atoms with van der Waals surface area (Å²) in [4.78, 5) is 15.6. The van der Waals surface area contributed by atoms with Crippen LogP contribution < -0.4 is 14.8 Å². The van der Waals surface area contributed by atoms with Crippen LogP contribution in [-0.4, -0.2) is 31.7 Å². The third kappa shape index (κ3) is 3.76. The first-order valence-corrected chi connectivity index (χ1v) is 8.19. The molecular formula is C20H22N2O3. The molecule has 0 radical (unpaired) electrons. The molecule has 0 fully saturated rings. The molecule has 1 amide bonds. The Morgan fingerprint density at radius 1 is 1.04 bits per heavy atom. The van der Waals surface area contributed by atoms with Crippen molar-refractivity contribution in [1.29, 1.82) is 0 Å². The fraction of sp³-hybridized carbons (Fsp3) is 0.250. The number of benzene rings is 2. The molecule has 0 saturated carbocycles. The van der Waals surface area contributed by atoms with Gasteiger partial charge in [0, 0.05) is 28.7 Å². The molecule has 5 heteroatoms. The SMILES string of the molecule is COc1ccc(CCNC(=O)c2ccc3[nH]c(C)cc3c2)cc1OC. The van der Waals surface area contributed by atoms with Crippen molar-refractivity contribution in [1.82, 2.24) is 10.3 Å². The van der Waals surface area contributed by atoms with Crippen molar-refractivity contribution in [3.63, 3.8) is 0 Å². The Bertz CT molecular complexity index is 899. The van der Waals surface area contributed by atoms with Crippen LogP contribution in [0.25, 0.3) is 10.9 Å². The van der Waals surface area contributed by atoms with E-state index in [0.29, 0.717) is 23.6 Å². The molecule has 0 unspecified atom stereocenters. The Balaban J connectivity index is 1.61. The summed E-state index contributed by atoms with van der Waals surface area (Å²) in [6.45, 7) is 2.56. The second-order valence-corrected chi connectivity index (χ2v) is 5.95. The standard InChI is InChI=1S/C20H22N2O3/c1-13-10-16-12-15(5-6-17(16)22-13)20(23)21-9-8-14-4-7-18(24-2)19(11-14)25-3/h4-7,10-12,22H,8-9H2,1-3H3,(H,21,23). The minimum Gasteiger partial charge on any atom is -0.493 e. The molecule has 3 aromatic rings. The van der Waals surface area contributed by atoms with Crippen molar-refractivity contribution < 1.29 is 14.3 Å². The van der Waals surface area contributed by atoms with Gasteiger partial charge in [0.2, 0.25) is 0 Å². The van der Waals surface area contributed by atoms with Gasteiger partial charge in [0.25, 0.3) is 5.91 Å². The Hall–Kier alpha value is -2.95. The number of aromatic amines is 1. The summed E-state index contributed by atoms with van der Waals surface area (Å²) in [7, 11) is 3.23. The van der Waals surface area contributed by atoms with Gasteiger partial charge in [-0.25, -0.2) is 0 Å². The predicted molar refractivity (Wildman–Crippen MR) is 98.6 cm³/mol. The van der Waals surface area contributed by atoms with E-state index in [1.807, 2.05) is 49.4 Å². The fourth-order valence-corrected chi connectivity index (χ4v) is 2.88. The molecule has 0 aliphatic carbocycles. The smallest absolute Gasteiger partial charge is 0.251 e. The Morgan fingerprint density at radius 2 is 1.84 bits per heavy atom. The first kappa shape index (κ1) is 16.9. The normalized spacial score (nSPS) is 10.7. The van der Waals surface area contributed by atoms with Gasteiger partial charge in [-0.15, -0.1) is 0 Å². The first-order valence-electron chi connectivity index (χ1n) is 8.19. The van der Waals surface area contributed by atoms with E-state index in [9.17, 15) is 4.79 Å². The maximum atomic E-state index is 12.3. The summed E-state index contributed by atoms with van der Waals surface area (Å²) >= 11 is 0. The fourth-order valence-electron chi connectivity index (χ4n) is 2.88. The number of carbonyl (C=O) groups excluding carboxylic acids is 1. The summed E-state index contributed by atoms with van der Waals surface area (Å²) in [6.07, 6.45) is 0.720. The van der Waals surface area contributed by atoms with Crippen LogP contribution in [0.2, 0.25) is 0 Å². The van der Waals surface area contributed by atoms with Crippen LogP contribution in [0.5, 0.6) is 11.5 Å². The van der Waals surface area contributed by atoms with Gasteiger partial charge < -0.3 is 19.8 Å². The highest BCUT2D eigenvalue weighted by molar-refractivity contribution is 5.98. The molecule has 2 N–H and O–H groups in total. The van der Waals surface area contributed by atoms with E-state index < -0.39 is 0 Å². The maximum absolute atomic E-state index is 12.3. The van der Waals surface area contributed by atoms with Gasteiger partial charge in [-0.3, -0.25) is 4.79 Å². The van der Waals surface area contributed by atoms with E-state index in [2.05, 4.69) is 10.3 Å². The molecule has 0 aliphatic rings. The number of fused-ring (bicyclic) bond motifs is 1. The third-order valence-corrected chi connectivity index (χ3v) is 4.16. The Labute approximate surface area is 147 Å². The highest BCUT2D eigenvalue weighted by Gasteiger charge is 2.08. The topological polar surface area (TPSA) is 63.3 Å². The molecule has 2 aromatic carbocycles. The third-order valence-electron chi connectivity index (χ3n) is 4.16. The molecule has 0 atom stereocenters. The minimum atomic E-state index is -0.0683. The van der Waals surface area contributed by atoms with Crippen molar-refractivity contribution in [2.45, 2.75) is 13.3 Å². The molecule has 25 heavy (non-hydrogen) atoms. The van der Waals surface area contributed by atoms with Gasteiger partial charge in [-0.05, 0) is 55.3 Å². The van der Waals surface area contributed by atoms with Crippen LogP contribution >= 0.6 is 0 Å². The van der Waals surface area contributed by atoms with Crippen molar-refractivity contribution in [3.8, 4) is 11.5 Å². The van der Waals surface area contributed by atoms with Crippen LogP contribution in [0.1, 0.15) is 21.6 Å². The average molecular weight is 338 g/mol. The van der Waals surface area contributed by atoms with E-state index in [1.54, 1.807) is 14.2 Å². The van der Waals surface area contributed by atoms with Crippen LogP contribution in [-0.2, 0) is 6.42 Å². The predicted octanol–water partition coefficient (Wildman–Crippen LogP) is 3.47. The highest BCUT2D eigenvalue weighted by Crippen LogP contribution is 2.27. The van der Waals surface area contributed by atoms with Gasteiger partial charge in [-0.1, -0.05) is 6.07 Å². The number of amides is 1. The maximum Gasteiger partial charge on any atom is 0.251 e. The monoisotopic (exact) mass is 338 g/mol. The lowest BCUT2D eigenvalue weighted by Gasteiger charge is -2.10. The molecule has 0 spiro atoms. The number of hydrogen-bond acceptors (Lipinski definition) is 3. The lowest BCUT2D eigenvalue weighted by Crippen LogP contribution is -2.25. The summed E-state index contributed by atoms with van der Waals surface area (Å²) < 4.78 is 10.5. The van der Waals surface area contributed by atoms with Crippen molar-refractivity contribution in [2.75, 3.05) is 20.8 Å². The number of carbonyl (C=O) groups is 1. The van der Waals surface area contributed by atoms with Gasteiger partial charge >= 0.3 is 0 Å². The molecule has 1 aromatic heterocycles. The van der Waals surface area contributed by atoms with Crippen LogP contribution in [0, 0.1) is 6.92 Å². The highest BCUT2D eigenvalue weighted by atomic mass is 16.5. The number of aromatic nitrogens is 1. The molecule has 130 valence electrons.